The van der Waals surface area contributed by atoms with Gasteiger partial charge in [0.1, 0.15) is 0 Å². The van der Waals surface area contributed by atoms with Crippen molar-refractivity contribution in [2.45, 2.75) is 184 Å². The van der Waals surface area contributed by atoms with Gasteiger partial charge in [-0.2, -0.15) is 0 Å². The molecule has 0 aliphatic carbocycles. The van der Waals surface area contributed by atoms with Crippen LogP contribution in [0.25, 0.3) is 10.6 Å². The zero-order valence-electron chi connectivity index (χ0n) is 43.4. The summed E-state index contributed by atoms with van der Waals surface area (Å²) in [4.78, 5) is 9.71. The largest absolute Gasteiger partial charge is 0.443 e. The van der Waals surface area contributed by atoms with Gasteiger partial charge in [-0.15, -0.1) is 0 Å². The van der Waals surface area contributed by atoms with Crippen LogP contribution in [0.1, 0.15) is 228 Å². The molecule has 6 rings (SSSR count). The standard InChI is InChI=1S/2C25H35N2.2C4H8O.Sm/c2*1-16(2)20-11-9-12-21(17(3)4)24(20)26-15-27-25-22(18(5)6)13-10-14-23(25)19(7)8;2*1-2-4-5-3-1;/h2*9-19H,1-8H3;2*1-4H2;/q2*-1;;;. The van der Waals surface area contributed by atoms with Crippen LogP contribution >= 0.6 is 0 Å². The van der Waals surface area contributed by atoms with E-state index in [-0.39, 0.29) is 40.4 Å². The maximum atomic E-state index is 4.94. The van der Waals surface area contributed by atoms with Gasteiger partial charge in [-0.3, -0.25) is 0 Å². The van der Waals surface area contributed by atoms with Gasteiger partial charge in [0.25, 0.3) is 0 Å². The smallest absolute Gasteiger partial charge is 0.0466 e. The number of rotatable bonds is 14. The zero-order chi connectivity index (χ0) is 47.3. The first-order valence-electron chi connectivity index (χ1n) is 24.6. The first kappa shape index (κ1) is 58.2. The molecule has 0 N–H and O–H groups in total. The van der Waals surface area contributed by atoms with Crippen molar-refractivity contribution in [2.24, 2.45) is 9.98 Å². The Bertz CT molecular complexity index is 1760. The van der Waals surface area contributed by atoms with Crippen LogP contribution in [0.15, 0.2) is 82.8 Å². The number of para-hydroxylation sites is 4. The number of nitrogens with zero attached hydrogens (tertiary/aromatic N) is 4. The molecule has 65 heavy (non-hydrogen) atoms. The average molecular weight is 1020 g/mol. The summed E-state index contributed by atoms with van der Waals surface area (Å²) in [6.07, 6.45) is 8.64. The number of aliphatic imine (C=N–C) groups is 2. The third-order valence-electron chi connectivity index (χ3n) is 11.8. The van der Waals surface area contributed by atoms with Crippen LogP contribution in [0, 0.1) is 40.4 Å². The molecule has 2 aliphatic rings. The van der Waals surface area contributed by atoms with Gasteiger partial charge in [0.15, 0.2) is 0 Å². The van der Waals surface area contributed by atoms with E-state index in [2.05, 4.69) is 184 Å². The number of hydrogen-bond acceptors (Lipinski definition) is 4. The topological polar surface area (TPSA) is 71.4 Å². The van der Waals surface area contributed by atoms with Crippen LogP contribution in [0.5, 0.6) is 0 Å². The maximum absolute atomic E-state index is 4.94. The Kier molecular flexibility index (Phi) is 27.3. The van der Waals surface area contributed by atoms with Crippen molar-refractivity contribution >= 4 is 35.4 Å². The Morgan fingerprint density at radius 3 is 0.723 bits per heavy atom. The van der Waals surface area contributed by atoms with E-state index >= 15 is 0 Å². The van der Waals surface area contributed by atoms with Gasteiger partial charge >= 0.3 is 0 Å². The van der Waals surface area contributed by atoms with Gasteiger partial charge in [0.05, 0.1) is 0 Å². The maximum Gasteiger partial charge on any atom is 0.0466 e. The molecule has 2 saturated heterocycles. The minimum Gasteiger partial charge on any atom is -0.443 e. The molecule has 2 aliphatic heterocycles. The summed E-state index contributed by atoms with van der Waals surface area (Å²) in [6, 6.07) is 26.1. The Balaban J connectivity index is 0.000000361. The molecular weight excluding hydrogens is 935 g/mol. The first-order valence-corrected chi connectivity index (χ1v) is 24.6. The molecule has 0 saturated carbocycles. The molecule has 2 heterocycles. The van der Waals surface area contributed by atoms with Crippen molar-refractivity contribution in [3.63, 3.8) is 0 Å². The molecule has 6 nitrogen and oxygen atoms in total. The van der Waals surface area contributed by atoms with E-state index in [9.17, 15) is 0 Å². The fourth-order valence-corrected chi connectivity index (χ4v) is 7.95. The number of hydrogen-bond donors (Lipinski definition) is 0. The van der Waals surface area contributed by atoms with Gasteiger partial charge in [0.2, 0.25) is 0 Å². The molecule has 4 aromatic carbocycles. The molecule has 358 valence electrons. The molecule has 0 atom stereocenters. The van der Waals surface area contributed by atoms with Crippen LogP contribution in [0.4, 0.5) is 22.7 Å². The van der Waals surface area contributed by atoms with Gasteiger partial charge < -0.3 is 30.1 Å². The van der Waals surface area contributed by atoms with E-state index in [0.29, 0.717) is 47.3 Å². The van der Waals surface area contributed by atoms with Gasteiger partial charge in [-0.05, 0) is 140 Å². The van der Waals surface area contributed by atoms with Gasteiger partial charge in [-0.1, -0.05) is 196 Å². The summed E-state index contributed by atoms with van der Waals surface area (Å²) in [5.41, 5.74) is 14.6. The minimum absolute atomic E-state index is 0. The summed E-state index contributed by atoms with van der Waals surface area (Å²) in [5, 5.41) is 9.71. The molecule has 0 aromatic heterocycles. The molecule has 7 heteroatoms. The Morgan fingerprint density at radius 1 is 0.354 bits per heavy atom. The Hall–Kier alpha value is -2.92. The molecule has 4 aromatic rings. The quantitative estimate of drug-likeness (QED) is 0.0932. The minimum atomic E-state index is 0. The van der Waals surface area contributed by atoms with Crippen LogP contribution in [-0.2, 0) is 9.47 Å². The van der Waals surface area contributed by atoms with Crippen molar-refractivity contribution in [3.8, 4) is 0 Å². The molecular formula is C58H86N4O2Sm-2. The molecule has 2 fully saturated rings. The Labute approximate surface area is 430 Å². The fourth-order valence-electron chi connectivity index (χ4n) is 7.95. The summed E-state index contributed by atoms with van der Waals surface area (Å²) in [6.45, 7) is 39.6. The third-order valence-corrected chi connectivity index (χ3v) is 11.8. The summed E-state index contributed by atoms with van der Waals surface area (Å²) in [5.74, 6) is 3.48. The van der Waals surface area contributed by atoms with Crippen LogP contribution in [0.3, 0.4) is 0 Å². The summed E-state index contributed by atoms with van der Waals surface area (Å²) in [7, 11) is 0. The van der Waals surface area contributed by atoms with Crippen molar-refractivity contribution < 1.29 is 49.9 Å². The second kappa shape index (κ2) is 30.5. The molecule has 0 spiro atoms. The van der Waals surface area contributed by atoms with E-state index in [0.717, 1.165) is 49.2 Å². The molecule has 0 amide bonds. The van der Waals surface area contributed by atoms with Gasteiger partial charge in [-0.25, -0.2) is 0 Å². The monoisotopic (exact) mass is 1020 g/mol. The molecule has 0 radical (unpaired) electrons. The third kappa shape index (κ3) is 18.6. The number of ether oxygens (including phenoxy) is 2. The van der Waals surface area contributed by atoms with Crippen molar-refractivity contribution in [2.75, 3.05) is 26.4 Å². The summed E-state index contributed by atoms with van der Waals surface area (Å²) >= 11 is 0. The molecule has 0 unspecified atom stereocenters. The summed E-state index contributed by atoms with van der Waals surface area (Å²) < 4.78 is 9.89. The second-order valence-corrected chi connectivity index (χ2v) is 19.8. The van der Waals surface area contributed by atoms with Crippen LogP contribution < -0.4 is 0 Å². The SMILES string of the molecule is C1CCOC1.C1CCOC1.CC(C)c1cccc(C(C)C)c1N=C[N-]c1c(C(C)C)cccc1C(C)C.CC(C)c1cccc(C(C)C)c1N=C[N-]c1c(C(C)C)cccc1C(C)C.[Sm]. The second-order valence-electron chi connectivity index (χ2n) is 19.8. The fraction of sp³-hybridized carbons (Fsp3) is 0.552. The molecule has 0 bridgehead atoms. The predicted molar refractivity (Wildman–Crippen MR) is 281 cm³/mol. The average Bonchev–Trinajstić information content (AvgIpc) is 4.05. The first-order chi connectivity index (χ1) is 30.5. The predicted octanol–water partition coefficient (Wildman–Crippen LogP) is 18.7. The number of benzene rings is 4. The zero-order valence-corrected chi connectivity index (χ0v) is 46.0. The van der Waals surface area contributed by atoms with E-state index in [1.54, 1.807) is 12.7 Å². The van der Waals surface area contributed by atoms with Gasteiger partial charge in [0, 0.05) is 66.8 Å². The van der Waals surface area contributed by atoms with Crippen LogP contribution in [0.2, 0.25) is 0 Å². The van der Waals surface area contributed by atoms with Crippen molar-refractivity contribution in [3.05, 3.63) is 128 Å². The van der Waals surface area contributed by atoms with Crippen molar-refractivity contribution in [1.29, 1.82) is 0 Å². The van der Waals surface area contributed by atoms with E-state index in [1.807, 2.05) is 0 Å². The Morgan fingerprint density at radius 2 is 0.554 bits per heavy atom. The van der Waals surface area contributed by atoms with E-state index in [4.69, 9.17) is 30.1 Å². The van der Waals surface area contributed by atoms with E-state index < -0.39 is 0 Å². The van der Waals surface area contributed by atoms with Crippen molar-refractivity contribution in [1.82, 2.24) is 0 Å². The van der Waals surface area contributed by atoms with Crippen LogP contribution in [-0.4, -0.2) is 39.1 Å². The van der Waals surface area contributed by atoms with E-state index in [1.165, 1.54) is 70.2 Å². The normalized spacial score (nSPS) is 13.8.